The van der Waals surface area contributed by atoms with Crippen LogP contribution < -0.4 is 14.0 Å². The molecule has 0 fully saturated rings. The summed E-state index contributed by atoms with van der Waals surface area (Å²) in [6.07, 6.45) is 14.7. The highest BCUT2D eigenvalue weighted by molar-refractivity contribution is 5.37. The molecule has 0 unspecified atom stereocenters. The van der Waals surface area contributed by atoms with Crippen molar-refractivity contribution in [2.75, 3.05) is 0 Å². The van der Waals surface area contributed by atoms with Crippen molar-refractivity contribution in [3.05, 3.63) is 84.5 Å². The minimum Gasteiger partial charge on any atom is -0.183 e. The second-order valence-electron chi connectivity index (χ2n) is 5.21. The highest BCUT2D eigenvalue weighted by Gasteiger charge is 2.57. The molecule has 2 aliphatic carbocycles. The number of allylic oxidation sites excluding steroid dienone is 4. The molecule has 0 heterocycles. The van der Waals surface area contributed by atoms with Crippen LogP contribution >= 0.6 is 0 Å². The number of hydrogen-bond acceptors (Lipinski definition) is 4. The molecule has 0 N–H and O–H groups in total. The predicted octanol–water partition coefficient (Wildman–Crippen LogP) is 0.280. The van der Waals surface area contributed by atoms with Crippen LogP contribution in [0.5, 0.6) is 0 Å². The van der Waals surface area contributed by atoms with E-state index in [4.69, 9.17) is 4.29 Å². The third-order valence-electron chi connectivity index (χ3n) is 3.93. The summed E-state index contributed by atoms with van der Waals surface area (Å²) >= 11 is 0. The van der Waals surface area contributed by atoms with Crippen molar-refractivity contribution < 1.29 is 28.5 Å². The van der Waals surface area contributed by atoms with E-state index in [0.717, 1.165) is 0 Å². The van der Waals surface area contributed by atoms with Crippen molar-refractivity contribution >= 4 is 0 Å². The smallest absolute Gasteiger partial charge is 0.183 e. The maximum absolute atomic E-state index is 11.4. The molecule has 0 aromatic heterocycles. The van der Waals surface area contributed by atoms with Crippen molar-refractivity contribution in [3.8, 4) is 0 Å². The molecule has 114 valence electrons. The lowest BCUT2D eigenvalue weighted by Gasteiger charge is -2.36. The van der Waals surface area contributed by atoms with Crippen LogP contribution in [0.1, 0.15) is 5.56 Å². The first-order valence-corrected chi connectivity index (χ1v) is 8.13. The summed E-state index contributed by atoms with van der Waals surface area (Å²) in [5, 5.41) is 0. The number of halogens is 1. The van der Waals surface area contributed by atoms with Gasteiger partial charge in [-0.3, -0.25) is 0 Å². The second kappa shape index (κ2) is 5.83. The average Bonchev–Trinajstić information content (AvgIpc) is 3.18. The van der Waals surface area contributed by atoms with Gasteiger partial charge in [-0.05, 0) is 0 Å². The standard InChI is InChI=1S/C17H15ClO4/c19-18(20,21)22-17(15-10-4-5-11-15,16-12-6-7-13-16)14-8-2-1-3-9-14/h1-13,15-16H. The maximum atomic E-state index is 11.4. The Balaban J connectivity index is 2.17. The Hall–Kier alpha value is -1.69. The van der Waals surface area contributed by atoms with Gasteiger partial charge >= 0.3 is 0 Å². The molecule has 4 nitrogen and oxygen atoms in total. The van der Waals surface area contributed by atoms with Gasteiger partial charge in [0.2, 0.25) is 0 Å². The van der Waals surface area contributed by atoms with Crippen LogP contribution in [-0.4, -0.2) is 0 Å². The second-order valence-corrected chi connectivity index (χ2v) is 6.12. The molecule has 3 rings (SSSR count). The maximum Gasteiger partial charge on any atom is 0.267 e. The molecule has 0 saturated heterocycles. The van der Waals surface area contributed by atoms with E-state index in [1.807, 2.05) is 54.7 Å². The first kappa shape index (κ1) is 15.2. The molecule has 0 atom stereocenters. The Kier molecular flexibility index (Phi) is 4.04. The lowest BCUT2D eigenvalue weighted by atomic mass is 9.73. The fourth-order valence-electron chi connectivity index (χ4n) is 3.05. The zero-order valence-electron chi connectivity index (χ0n) is 11.7. The van der Waals surface area contributed by atoms with E-state index in [-0.39, 0.29) is 11.8 Å². The van der Waals surface area contributed by atoms with Crippen molar-refractivity contribution in [1.29, 1.82) is 0 Å². The largest absolute Gasteiger partial charge is 0.267 e. The Labute approximate surface area is 131 Å². The van der Waals surface area contributed by atoms with E-state index in [0.29, 0.717) is 5.56 Å². The molecule has 1 aromatic carbocycles. The molecule has 0 bridgehead atoms. The van der Waals surface area contributed by atoms with Gasteiger partial charge in [0.15, 0.2) is 0 Å². The van der Waals surface area contributed by atoms with Gasteiger partial charge in [-0.15, -0.1) is 0 Å². The molecule has 22 heavy (non-hydrogen) atoms. The van der Waals surface area contributed by atoms with Crippen LogP contribution in [0, 0.1) is 22.1 Å². The number of hydrogen-bond donors (Lipinski definition) is 0. The summed E-state index contributed by atoms with van der Waals surface area (Å²) in [6, 6.07) is 8.98. The molecule has 0 amide bonds. The van der Waals surface area contributed by atoms with E-state index in [9.17, 15) is 14.0 Å². The van der Waals surface area contributed by atoms with E-state index < -0.39 is 15.8 Å². The van der Waals surface area contributed by atoms with Gasteiger partial charge in [0, 0.05) is 17.4 Å². The van der Waals surface area contributed by atoms with Crippen LogP contribution in [0.2, 0.25) is 0 Å². The topological polar surface area (TPSA) is 78.4 Å². The van der Waals surface area contributed by atoms with Gasteiger partial charge in [0.25, 0.3) is 5.60 Å². The third-order valence-corrected chi connectivity index (χ3v) is 4.38. The molecule has 0 aliphatic heterocycles. The van der Waals surface area contributed by atoms with Gasteiger partial charge in [-0.2, -0.15) is 14.0 Å². The summed E-state index contributed by atoms with van der Waals surface area (Å²) in [5.74, 6) is -0.716. The SMILES string of the molecule is [O-][Cl+3]([O-])([O-])OC(c1ccccc1)(C1C=CC=C1)C1C=CC=C1. The van der Waals surface area contributed by atoms with Crippen LogP contribution in [0.25, 0.3) is 0 Å². The number of benzene rings is 1. The Morgan fingerprint density at radius 1 is 0.773 bits per heavy atom. The highest BCUT2D eigenvalue weighted by Crippen LogP contribution is 2.47. The van der Waals surface area contributed by atoms with E-state index in [1.54, 1.807) is 24.3 Å². The van der Waals surface area contributed by atoms with Crippen molar-refractivity contribution in [2.24, 2.45) is 11.8 Å². The summed E-state index contributed by atoms with van der Waals surface area (Å²) in [7, 11) is -4.59. The van der Waals surface area contributed by atoms with Crippen LogP contribution in [0.4, 0.5) is 0 Å². The molecule has 5 heteroatoms. The molecule has 0 radical (unpaired) electrons. The summed E-state index contributed by atoms with van der Waals surface area (Å²) in [5.41, 5.74) is -0.680. The van der Waals surface area contributed by atoms with Gasteiger partial charge < -0.3 is 0 Å². The molecule has 1 aromatic rings. The predicted molar refractivity (Wildman–Crippen MR) is 72.7 cm³/mol. The van der Waals surface area contributed by atoms with E-state index in [2.05, 4.69) is 0 Å². The first-order valence-electron chi connectivity index (χ1n) is 6.89. The van der Waals surface area contributed by atoms with Crippen LogP contribution in [0.15, 0.2) is 78.9 Å². The van der Waals surface area contributed by atoms with Gasteiger partial charge in [-0.1, -0.05) is 78.9 Å². The Morgan fingerprint density at radius 3 is 1.64 bits per heavy atom. The van der Waals surface area contributed by atoms with E-state index in [1.165, 1.54) is 0 Å². The number of rotatable bonds is 5. The summed E-state index contributed by atoms with van der Waals surface area (Å²) in [6.45, 7) is 0. The normalized spacial score (nSPS) is 18.7. The fourth-order valence-corrected chi connectivity index (χ4v) is 3.65. The monoisotopic (exact) mass is 318 g/mol. The summed E-state index contributed by atoms with van der Waals surface area (Å²) in [4.78, 5) is 0. The Bertz CT molecular complexity index is 588. The van der Waals surface area contributed by atoms with Gasteiger partial charge in [0.05, 0.1) is 14.5 Å². The molecular weight excluding hydrogens is 304 g/mol. The fraction of sp³-hybridized carbons (Fsp3) is 0.176. The first-order chi connectivity index (χ1) is 10.5. The van der Waals surface area contributed by atoms with Crippen LogP contribution in [-0.2, 0) is 9.89 Å². The van der Waals surface area contributed by atoms with E-state index >= 15 is 0 Å². The highest BCUT2D eigenvalue weighted by atomic mass is 35.7. The van der Waals surface area contributed by atoms with Gasteiger partial charge in [-0.25, -0.2) is 0 Å². The zero-order chi connectivity index (χ0) is 15.6. The Morgan fingerprint density at radius 2 is 1.23 bits per heavy atom. The minimum absolute atomic E-state index is 0.358. The third kappa shape index (κ3) is 2.79. The van der Waals surface area contributed by atoms with Crippen molar-refractivity contribution in [3.63, 3.8) is 0 Å². The molecular formula is C17H15ClO4. The van der Waals surface area contributed by atoms with Crippen molar-refractivity contribution in [1.82, 2.24) is 0 Å². The molecule has 2 aliphatic rings. The zero-order valence-corrected chi connectivity index (χ0v) is 12.4. The van der Waals surface area contributed by atoms with Crippen LogP contribution in [0.3, 0.4) is 0 Å². The average molecular weight is 319 g/mol. The van der Waals surface area contributed by atoms with Gasteiger partial charge in [0.1, 0.15) is 0 Å². The quantitative estimate of drug-likeness (QED) is 0.781. The lowest BCUT2D eigenvalue weighted by molar-refractivity contribution is -1.92. The molecule has 0 spiro atoms. The summed E-state index contributed by atoms with van der Waals surface area (Å²) < 4.78 is 39.5. The minimum atomic E-state index is -4.59. The lowest BCUT2D eigenvalue weighted by Crippen LogP contribution is -2.65. The van der Waals surface area contributed by atoms with Crippen molar-refractivity contribution in [2.45, 2.75) is 5.60 Å². The molecule has 0 saturated carbocycles.